The highest BCUT2D eigenvalue weighted by Crippen LogP contribution is 2.51. The second kappa shape index (κ2) is 19.8. The van der Waals surface area contributed by atoms with Crippen LogP contribution in [0.25, 0.3) is 0 Å². The van der Waals surface area contributed by atoms with E-state index >= 15 is 0 Å². The number of halogens is 4. The van der Waals surface area contributed by atoms with E-state index in [1.165, 1.54) is 30.3 Å². The second-order valence-electron chi connectivity index (χ2n) is 16.4. The lowest BCUT2D eigenvalue weighted by Crippen LogP contribution is -2.30. The van der Waals surface area contributed by atoms with Crippen molar-refractivity contribution in [3.8, 4) is 5.75 Å². The van der Waals surface area contributed by atoms with Crippen LogP contribution >= 0.6 is 0 Å². The Hall–Kier alpha value is -4.82. The van der Waals surface area contributed by atoms with Gasteiger partial charge in [0.15, 0.2) is 17.3 Å². The number of carbonyl (C=O) groups excluding carboxylic acids is 1. The molecule has 360 valence electrons. The molecule has 24 heteroatoms. The summed E-state index contributed by atoms with van der Waals surface area (Å²) in [7, 11) is -18.0. The van der Waals surface area contributed by atoms with Gasteiger partial charge in [0, 0.05) is 60.0 Å². The van der Waals surface area contributed by atoms with Crippen LogP contribution in [0, 0.1) is 23.3 Å². The van der Waals surface area contributed by atoms with Crippen molar-refractivity contribution < 1.29 is 83.6 Å². The fourth-order valence-electron chi connectivity index (χ4n) is 8.15. The Morgan fingerprint density at radius 3 is 1.88 bits per heavy atom. The number of anilines is 1. The molecule has 2 heterocycles. The third-order valence-corrected chi connectivity index (χ3v) is 14.6. The highest BCUT2D eigenvalue weighted by Gasteiger charge is 2.46. The van der Waals surface area contributed by atoms with Crippen LogP contribution in [0.4, 0.5) is 28.9 Å². The average Bonchev–Trinajstić information content (AvgIpc) is 3.55. The molecule has 3 aromatic rings. The topological polar surface area (TPSA) is 250 Å². The summed E-state index contributed by atoms with van der Waals surface area (Å²) in [6, 6.07) is 7.81. The number of unbranched alkanes of at least 4 members (excludes halogenated alkanes) is 2. The molecule has 5 rings (SSSR count). The molecule has 0 bridgehead atoms. The minimum atomic E-state index is -4.73. The summed E-state index contributed by atoms with van der Waals surface area (Å²) in [6.45, 7) is 5.41. The first-order valence-electron chi connectivity index (χ1n) is 20.1. The van der Waals surface area contributed by atoms with E-state index in [9.17, 15) is 74.2 Å². The van der Waals surface area contributed by atoms with Crippen LogP contribution in [-0.4, -0.2) is 92.7 Å². The van der Waals surface area contributed by atoms with Gasteiger partial charge in [-0.2, -0.15) is 47.0 Å². The van der Waals surface area contributed by atoms with Gasteiger partial charge in [-0.15, -0.1) is 0 Å². The first-order chi connectivity index (χ1) is 30.5. The molecule has 4 N–H and O–H groups in total. The predicted molar refractivity (Wildman–Crippen MR) is 233 cm³/mol. The van der Waals surface area contributed by atoms with Gasteiger partial charge in [0.25, 0.3) is 40.5 Å². The van der Waals surface area contributed by atoms with Crippen LogP contribution in [0.2, 0.25) is 0 Å². The lowest BCUT2D eigenvalue weighted by Gasteiger charge is -2.30. The second-order valence-corrected chi connectivity index (χ2v) is 22.3. The Labute approximate surface area is 380 Å². The molecule has 0 amide bonds. The Morgan fingerprint density at radius 1 is 0.712 bits per heavy atom. The molecule has 0 radical (unpaired) electrons. The third-order valence-electron chi connectivity index (χ3n) is 11.3. The van der Waals surface area contributed by atoms with Crippen LogP contribution in [0.3, 0.4) is 0 Å². The summed E-state index contributed by atoms with van der Waals surface area (Å²) >= 11 is 0. The van der Waals surface area contributed by atoms with E-state index in [-0.39, 0.29) is 56.2 Å². The Morgan fingerprint density at radius 2 is 1.29 bits per heavy atom. The number of hydrogen-bond donors (Lipinski definition) is 4. The van der Waals surface area contributed by atoms with E-state index in [4.69, 9.17) is 0 Å². The van der Waals surface area contributed by atoms with Gasteiger partial charge in [0.05, 0.1) is 26.7 Å². The van der Waals surface area contributed by atoms with Crippen LogP contribution in [0.15, 0.2) is 88.3 Å². The quantitative estimate of drug-likeness (QED) is 0.0130. The number of carbonyl (C=O) groups is 1. The van der Waals surface area contributed by atoms with Crippen molar-refractivity contribution in [2.45, 2.75) is 86.3 Å². The van der Waals surface area contributed by atoms with Gasteiger partial charge in [-0.1, -0.05) is 31.1 Å². The maximum atomic E-state index is 14.1. The Kier molecular flexibility index (Phi) is 15.6. The molecule has 16 nitrogen and oxygen atoms in total. The van der Waals surface area contributed by atoms with Gasteiger partial charge >= 0.3 is 5.97 Å². The normalized spacial score (nSPS) is 18.2. The first-order valence-corrected chi connectivity index (χ1v) is 26.2. The molecule has 2 aliphatic heterocycles. The molecule has 1 unspecified atom stereocenters. The van der Waals surface area contributed by atoms with Crippen molar-refractivity contribution in [2.24, 2.45) is 0 Å². The van der Waals surface area contributed by atoms with Crippen molar-refractivity contribution in [3.63, 3.8) is 0 Å². The number of ether oxygens (including phenoxy) is 1. The lowest BCUT2D eigenvalue weighted by molar-refractivity contribution is -0.437. The largest absolute Gasteiger partial charge is 0.420 e. The third kappa shape index (κ3) is 12.2. The predicted octanol–water partition coefficient (Wildman–Crippen LogP) is 7.00. The first kappa shape index (κ1) is 52.2. The number of allylic oxidation sites excluding steroid dienone is 6. The van der Waals surface area contributed by atoms with Gasteiger partial charge in [0.1, 0.15) is 6.54 Å². The number of benzene rings is 3. The smallest absolute Gasteiger partial charge is 0.311 e. The summed E-state index contributed by atoms with van der Waals surface area (Å²) in [5, 5.41) is 0. The number of esters is 1. The van der Waals surface area contributed by atoms with Crippen LogP contribution in [0.5, 0.6) is 5.75 Å². The Bertz CT molecular complexity index is 2980. The molecule has 0 saturated heterocycles. The van der Waals surface area contributed by atoms with Crippen LogP contribution < -0.4 is 9.64 Å². The monoisotopic (exact) mass is 1010 g/mol. The SMILES string of the molecule is CC1(C)C(/C=C/C=C/C=C2/N(CCCS(=O)(=O)O)c3ccc(S(=O)(=O)O)cc3C2(C)CCCCCC(=O)Oc2c(F)c(F)cc(F)c2F)=[N+](CCCS(=O)(=O)O)c2ccc(S(=O)(=O)O)cc21. The standard InChI is InChI=1S/C42H46F4N2O14S4/c1-41(2)29-24-27(65(56,57)58)15-17-33(29)47(20-10-22-63(50,51)52)35(41)12-6-4-7-13-36-42(3,19-9-5-8-14-37(49)62-40-38(45)31(43)26-32(44)39(40)46)30-25-28(66(59,60)61)16-18-34(30)48(36)21-11-23-64(53,54)55/h4,6-7,12-13,15-18,24-26H,5,8-11,14,19-23H2,1-3H3,(H3-,50,51,52,53,54,55,56,57,58,59,60,61)/p+1. The summed E-state index contributed by atoms with van der Waals surface area (Å²) < 4.78 is 196. The molecule has 1 atom stereocenters. The van der Waals surface area contributed by atoms with E-state index in [0.717, 1.165) is 6.07 Å². The zero-order valence-electron chi connectivity index (χ0n) is 35.6. The van der Waals surface area contributed by atoms with Gasteiger partial charge in [-0.3, -0.25) is 23.0 Å². The maximum Gasteiger partial charge on any atom is 0.311 e. The number of hydrogen-bond acceptors (Lipinski definition) is 11. The molecule has 0 aliphatic carbocycles. The van der Waals surface area contributed by atoms with Gasteiger partial charge in [-0.05, 0) is 82.0 Å². The molecule has 0 saturated carbocycles. The van der Waals surface area contributed by atoms with Crippen molar-refractivity contribution in [1.29, 1.82) is 0 Å². The van der Waals surface area contributed by atoms with E-state index in [1.54, 1.807) is 60.6 Å². The molecule has 2 aliphatic rings. The maximum absolute atomic E-state index is 14.1. The molecule has 0 spiro atoms. The minimum absolute atomic E-state index is 0.00279. The van der Waals surface area contributed by atoms with Gasteiger partial charge in [-0.25, -0.2) is 8.78 Å². The molecular formula is C42H47F4N2O14S4+. The fraction of sp³-hybridized carbons (Fsp3) is 0.381. The fourth-order valence-corrected chi connectivity index (χ4v) is 10.2. The number of nitrogens with zero attached hydrogens (tertiary/aromatic N) is 2. The van der Waals surface area contributed by atoms with Crippen LogP contribution in [0.1, 0.15) is 76.8 Å². The van der Waals surface area contributed by atoms with E-state index in [2.05, 4.69) is 4.74 Å². The zero-order chi connectivity index (χ0) is 49.2. The van der Waals surface area contributed by atoms with Crippen molar-refractivity contribution in [1.82, 2.24) is 0 Å². The summed E-state index contributed by atoms with van der Waals surface area (Å²) in [6.07, 6.45) is 8.57. The summed E-state index contributed by atoms with van der Waals surface area (Å²) in [4.78, 5) is 13.4. The highest BCUT2D eigenvalue weighted by molar-refractivity contribution is 7.86. The number of rotatable bonds is 20. The molecule has 0 aromatic heterocycles. The zero-order valence-corrected chi connectivity index (χ0v) is 38.9. The molecule has 0 fully saturated rings. The molecule has 66 heavy (non-hydrogen) atoms. The van der Waals surface area contributed by atoms with E-state index in [0.29, 0.717) is 40.3 Å². The van der Waals surface area contributed by atoms with Crippen molar-refractivity contribution in [3.05, 3.63) is 113 Å². The summed E-state index contributed by atoms with van der Waals surface area (Å²) in [5.74, 6) is -11.2. The number of fused-ring (bicyclic) bond motifs is 2. The van der Waals surface area contributed by atoms with Crippen molar-refractivity contribution in [2.75, 3.05) is 29.5 Å². The minimum Gasteiger partial charge on any atom is -0.420 e. The van der Waals surface area contributed by atoms with Gasteiger partial charge in [0.2, 0.25) is 23.1 Å². The highest BCUT2D eigenvalue weighted by atomic mass is 32.2. The van der Waals surface area contributed by atoms with Gasteiger partial charge < -0.3 is 9.64 Å². The summed E-state index contributed by atoms with van der Waals surface area (Å²) in [5.41, 5.74) is 0.974. The lowest BCUT2D eigenvalue weighted by atomic mass is 9.77. The molecular weight excluding hydrogens is 961 g/mol. The average molecular weight is 1010 g/mol. The van der Waals surface area contributed by atoms with Crippen molar-refractivity contribution >= 4 is 63.5 Å². The molecule has 3 aromatic carbocycles. The van der Waals surface area contributed by atoms with E-state index < -0.39 is 109 Å². The van der Waals surface area contributed by atoms with E-state index in [1.807, 2.05) is 0 Å². The Balaban J connectivity index is 1.47. The van der Waals surface area contributed by atoms with Crippen LogP contribution in [-0.2, 0) is 56.1 Å².